The number of ether oxygens (including phenoxy) is 1. The predicted molar refractivity (Wildman–Crippen MR) is 131 cm³/mol. The Morgan fingerprint density at radius 1 is 1.19 bits per heavy atom. The van der Waals surface area contributed by atoms with Crippen molar-refractivity contribution in [2.75, 3.05) is 23.5 Å². The number of nitrogens with one attached hydrogen (secondary N) is 2. The Morgan fingerprint density at radius 3 is 2.46 bits per heavy atom. The van der Waals surface area contributed by atoms with Crippen LogP contribution in [0, 0.1) is 21.8 Å². The number of aromatic nitrogens is 2. The maximum atomic E-state index is 14.6. The van der Waals surface area contributed by atoms with E-state index in [1.165, 1.54) is 12.1 Å². The second kappa shape index (κ2) is 9.72. The number of benzene rings is 1. The molecule has 2 aliphatic heterocycles. The minimum absolute atomic E-state index is 0.0233. The number of anilines is 3. The molecule has 2 saturated heterocycles. The second-order valence-corrected chi connectivity index (χ2v) is 11.9. The number of fused-ring (bicyclic) bond motifs is 2. The summed E-state index contributed by atoms with van der Waals surface area (Å²) in [4.78, 5) is 33.5. The third-order valence-electron chi connectivity index (χ3n) is 7.05. The highest BCUT2D eigenvalue weighted by atomic mass is 32.2. The largest absolute Gasteiger partial charge is 0.449 e. The molecular weight excluding hydrogens is 507 g/mol. The monoisotopic (exact) mass is 534 g/mol. The average molecular weight is 535 g/mol. The third kappa shape index (κ3) is 5.43. The molecule has 0 unspecified atom stereocenters. The van der Waals surface area contributed by atoms with E-state index in [0.29, 0.717) is 25.4 Å². The van der Waals surface area contributed by atoms with Gasteiger partial charge in [-0.1, -0.05) is 0 Å². The number of amides is 1. The van der Waals surface area contributed by atoms with Crippen LogP contribution in [0.1, 0.15) is 38.5 Å². The van der Waals surface area contributed by atoms with Gasteiger partial charge in [0.15, 0.2) is 9.84 Å². The number of piperidine rings is 1. The van der Waals surface area contributed by atoms with Crippen molar-refractivity contribution in [3.63, 3.8) is 0 Å². The molecule has 2 bridgehead atoms. The van der Waals surface area contributed by atoms with Gasteiger partial charge in [-0.3, -0.25) is 10.1 Å². The van der Waals surface area contributed by atoms with E-state index in [0.717, 1.165) is 44.3 Å². The summed E-state index contributed by atoms with van der Waals surface area (Å²) in [5.74, 6) is -0.682. The minimum Gasteiger partial charge on any atom is -0.449 e. The zero-order valence-corrected chi connectivity index (χ0v) is 20.9. The third-order valence-corrected chi connectivity index (χ3v) is 8.16. The Bertz CT molecular complexity index is 1320. The maximum absolute atomic E-state index is 14.6. The van der Waals surface area contributed by atoms with Crippen molar-refractivity contribution in [3.8, 4) is 0 Å². The normalized spacial score (nSPS) is 23.0. The fourth-order valence-corrected chi connectivity index (χ4v) is 5.67. The molecule has 3 fully saturated rings. The molecule has 1 saturated carbocycles. The number of rotatable bonds is 8. The molecule has 12 nitrogen and oxygen atoms in total. The summed E-state index contributed by atoms with van der Waals surface area (Å²) >= 11 is 0. The van der Waals surface area contributed by atoms with Gasteiger partial charge in [0.05, 0.1) is 22.1 Å². The molecule has 3 aliphatic rings. The fourth-order valence-electron chi connectivity index (χ4n) is 5.04. The Labute approximate surface area is 212 Å². The second-order valence-electron chi connectivity index (χ2n) is 9.84. The van der Waals surface area contributed by atoms with Gasteiger partial charge in [0, 0.05) is 24.4 Å². The molecule has 14 heteroatoms. The van der Waals surface area contributed by atoms with Crippen LogP contribution >= 0.6 is 0 Å². The summed E-state index contributed by atoms with van der Waals surface area (Å²) in [5.41, 5.74) is -0.635. The van der Waals surface area contributed by atoms with E-state index in [2.05, 4.69) is 20.6 Å². The lowest BCUT2D eigenvalue weighted by Gasteiger charge is -2.38. The van der Waals surface area contributed by atoms with Crippen LogP contribution in [-0.4, -0.2) is 65.3 Å². The van der Waals surface area contributed by atoms with Crippen molar-refractivity contribution in [3.05, 3.63) is 40.5 Å². The molecule has 1 amide bonds. The number of carbonyl (C=O) groups excluding carboxylic acids is 1. The Kier molecular flexibility index (Phi) is 6.60. The number of nitrogens with zero attached hydrogens (tertiary/aromatic N) is 4. The zero-order chi connectivity index (χ0) is 26.3. The van der Waals surface area contributed by atoms with Crippen LogP contribution in [0.3, 0.4) is 0 Å². The zero-order valence-electron chi connectivity index (χ0n) is 20.1. The molecule has 198 valence electrons. The quantitative estimate of drug-likeness (QED) is 0.379. The SMILES string of the molecule is CS(=O)(=O)c1ccc(Nc2ncnc(NC3C[C@H]4CC[C@H](C3)N4C(=O)OCC3CC3)c2[N+](=O)[O-])c(F)c1. The Balaban J connectivity index is 1.31. The van der Waals surface area contributed by atoms with E-state index in [9.17, 15) is 27.7 Å². The first-order chi connectivity index (χ1) is 17.6. The fraction of sp³-hybridized carbons (Fsp3) is 0.522. The molecule has 37 heavy (non-hydrogen) atoms. The topological polar surface area (TPSA) is 157 Å². The lowest BCUT2D eigenvalue weighted by Crippen LogP contribution is -2.50. The highest BCUT2D eigenvalue weighted by Gasteiger charge is 2.45. The standard InChI is InChI=1S/C23H27FN6O6S/c1-37(34,35)17-6-7-19(18(24)10-17)28-22-20(30(32)33)21(25-12-26-22)27-14-8-15-4-5-16(9-14)29(15)23(31)36-11-13-2-3-13/h6-7,10,12-16H,2-5,8-9,11H2,1H3,(H2,25,26,27,28)/t15-,16-/m1/s1. The predicted octanol–water partition coefficient (Wildman–Crippen LogP) is 3.62. The smallest absolute Gasteiger partial charge is 0.410 e. The highest BCUT2D eigenvalue weighted by Crippen LogP contribution is 2.39. The summed E-state index contributed by atoms with van der Waals surface area (Å²) in [6.07, 6.45) is 6.82. The lowest BCUT2D eigenvalue weighted by molar-refractivity contribution is -0.383. The van der Waals surface area contributed by atoms with Crippen LogP contribution in [0.25, 0.3) is 0 Å². The molecule has 1 aromatic heterocycles. The maximum Gasteiger partial charge on any atom is 0.410 e. The van der Waals surface area contributed by atoms with Crippen LogP contribution in [0.15, 0.2) is 29.4 Å². The summed E-state index contributed by atoms with van der Waals surface area (Å²) < 4.78 is 43.4. The molecule has 0 radical (unpaired) electrons. The van der Waals surface area contributed by atoms with E-state index >= 15 is 0 Å². The van der Waals surface area contributed by atoms with Crippen LogP contribution < -0.4 is 10.6 Å². The summed E-state index contributed by atoms with van der Waals surface area (Å²) in [6.45, 7) is 0.455. The Morgan fingerprint density at radius 2 is 1.86 bits per heavy atom. The number of hydrogen-bond donors (Lipinski definition) is 2. The van der Waals surface area contributed by atoms with Gasteiger partial charge in [0.2, 0.25) is 11.6 Å². The van der Waals surface area contributed by atoms with Gasteiger partial charge >= 0.3 is 11.8 Å². The molecule has 2 aromatic rings. The van der Waals surface area contributed by atoms with Crippen LogP contribution in [0.5, 0.6) is 0 Å². The minimum atomic E-state index is -3.62. The van der Waals surface area contributed by atoms with Crippen LogP contribution in [0.2, 0.25) is 0 Å². The Hall–Kier alpha value is -3.55. The van der Waals surface area contributed by atoms with Gasteiger partial charge in [0.25, 0.3) is 0 Å². The molecule has 2 atom stereocenters. The van der Waals surface area contributed by atoms with Crippen molar-refractivity contribution in [1.82, 2.24) is 14.9 Å². The van der Waals surface area contributed by atoms with E-state index in [1.807, 2.05) is 4.90 Å². The molecule has 1 aromatic carbocycles. The van der Waals surface area contributed by atoms with Crippen molar-refractivity contribution >= 4 is 38.9 Å². The molecular formula is C23H27FN6O6S. The highest BCUT2D eigenvalue weighted by molar-refractivity contribution is 7.90. The van der Waals surface area contributed by atoms with Gasteiger partial charge in [0.1, 0.15) is 12.1 Å². The van der Waals surface area contributed by atoms with Gasteiger partial charge in [-0.15, -0.1) is 0 Å². The van der Waals surface area contributed by atoms with Gasteiger partial charge < -0.3 is 20.3 Å². The van der Waals surface area contributed by atoms with Gasteiger partial charge in [-0.2, -0.15) is 0 Å². The van der Waals surface area contributed by atoms with Crippen molar-refractivity contribution in [2.24, 2.45) is 5.92 Å². The van der Waals surface area contributed by atoms with E-state index in [-0.39, 0.29) is 46.4 Å². The number of hydrogen-bond acceptors (Lipinski definition) is 10. The van der Waals surface area contributed by atoms with Gasteiger partial charge in [-0.25, -0.2) is 27.6 Å². The first-order valence-corrected chi connectivity index (χ1v) is 14.0. The van der Waals surface area contributed by atoms with Crippen LogP contribution in [-0.2, 0) is 14.6 Å². The van der Waals surface area contributed by atoms with Crippen molar-refractivity contribution in [2.45, 2.75) is 61.5 Å². The van der Waals surface area contributed by atoms with E-state index in [4.69, 9.17) is 4.74 Å². The molecule has 5 rings (SSSR count). The number of carbonyl (C=O) groups is 1. The summed E-state index contributed by atoms with van der Waals surface area (Å²) in [6, 6.07) is 3.00. The molecule has 1 aliphatic carbocycles. The van der Waals surface area contributed by atoms with Crippen molar-refractivity contribution < 1.29 is 27.3 Å². The van der Waals surface area contributed by atoms with Crippen molar-refractivity contribution in [1.29, 1.82) is 0 Å². The number of sulfone groups is 1. The van der Waals surface area contributed by atoms with E-state index < -0.39 is 26.3 Å². The first-order valence-electron chi connectivity index (χ1n) is 12.1. The first kappa shape index (κ1) is 25.1. The summed E-state index contributed by atoms with van der Waals surface area (Å²) in [5, 5.41) is 17.7. The molecule has 3 heterocycles. The average Bonchev–Trinajstić information content (AvgIpc) is 3.62. The van der Waals surface area contributed by atoms with Gasteiger partial charge in [-0.05, 0) is 62.6 Å². The number of halogens is 1. The van der Waals surface area contributed by atoms with Crippen LogP contribution in [0.4, 0.5) is 32.2 Å². The molecule has 2 N–H and O–H groups in total. The lowest BCUT2D eigenvalue weighted by atomic mass is 9.97. The number of nitro groups is 1. The summed E-state index contributed by atoms with van der Waals surface area (Å²) in [7, 11) is -3.62. The molecule has 0 spiro atoms. The van der Waals surface area contributed by atoms with E-state index in [1.54, 1.807) is 0 Å².